The van der Waals surface area contributed by atoms with Gasteiger partial charge in [0.25, 0.3) is 0 Å². The van der Waals surface area contributed by atoms with E-state index in [1.54, 1.807) is 10.6 Å². The molecule has 25 heavy (non-hydrogen) atoms. The van der Waals surface area contributed by atoms with E-state index >= 15 is 0 Å². The maximum Gasteiger partial charge on any atom is 0.419 e. The van der Waals surface area contributed by atoms with Crippen LogP contribution in [0.1, 0.15) is 19.8 Å². The van der Waals surface area contributed by atoms with Crippen LogP contribution in [0.5, 0.6) is 0 Å². The van der Waals surface area contributed by atoms with Gasteiger partial charge in [-0.2, -0.15) is 0 Å². The van der Waals surface area contributed by atoms with Gasteiger partial charge in [0.2, 0.25) is 5.91 Å². The Bertz CT molecular complexity index is 761. The molecule has 1 fully saturated rings. The fraction of sp³-hybridized carbons (Fsp3) is 0.556. The lowest BCUT2D eigenvalue weighted by Gasteiger charge is -2.29. The fourth-order valence-corrected chi connectivity index (χ4v) is 3.19. The van der Waals surface area contributed by atoms with Crippen molar-refractivity contribution < 1.29 is 13.9 Å². The zero-order chi connectivity index (χ0) is 17.6. The first-order valence-electron chi connectivity index (χ1n) is 8.81. The van der Waals surface area contributed by atoms with Crippen LogP contribution in [0.2, 0.25) is 0 Å². The Kier molecular flexibility index (Phi) is 5.88. The monoisotopic (exact) mass is 347 g/mol. The Morgan fingerprint density at radius 3 is 2.84 bits per heavy atom. The number of carbonyl (C=O) groups is 1. The van der Waals surface area contributed by atoms with Gasteiger partial charge in [-0.15, -0.1) is 0 Å². The lowest BCUT2D eigenvalue weighted by molar-refractivity contribution is -0.122. The van der Waals surface area contributed by atoms with Crippen LogP contribution < -0.4 is 11.1 Å². The quantitative estimate of drug-likeness (QED) is 0.815. The van der Waals surface area contributed by atoms with E-state index in [2.05, 4.69) is 10.2 Å². The van der Waals surface area contributed by atoms with Crippen LogP contribution in [0.25, 0.3) is 11.1 Å². The number of hydrogen-bond donors (Lipinski definition) is 1. The first kappa shape index (κ1) is 17.7. The van der Waals surface area contributed by atoms with Crippen LogP contribution in [-0.2, 0) is 16.1 Å². The molecule has 1 N–H and O–H groups in total. The Labute approximate surface area is 146 Å². The zero-order valence-electron chi connectivity index (χ0n) is 14.6. The lowest BCUT2D eigenvalue weighted by atomic mass is 10.2. The molecule has 136 valence electrons. The van der Waals surface area contributed by atoms with Crippen LogP contribution in [0.3, 0.4) is 0 Å². The highest BCUT2D eigenvalue weighted by atomic mass is 16.5. The summed E-state index contributed by atoms with van der Waals surface area (Å²) in [6.07, 6.45) is 0.985. The molecule has 0 radical (unpaired) electrons. The van der Waals surface area contributed by atoms with E-state index in [-0.39, 0.29) is 17.7 Å². The van der Waals surface area contributed by atoms with Gasteiger partial charge < -0.3 is 14.5 Å². The zero-order valence-corrected chi connectivity index (χ0v) is 14.6. The Hall–Kier alpha value is -2.12. The van der Waals surface area contributed by atoms with Crippen molar-refractivity contribution in [3.8, 4) is 0 Å². The number of aryl methyl sites for hydroxylation is 1. The van der Waals surface area contributed by atoms with Gasteiger partial charge in [-0.25, -0.2) is 4.79 Å². The molecule has 1 aromatic heterocycles. The molecule has 0 aliphatic carbocycles. The number of hydrogen-bond acceptors (Lipinski definition) is 5. The minimum atomic E-state index is -0.373. The third-order valence-electron chi connectivity index (χ3n) is 4.40. The van der Waals surface area contributed by atoms with Crippen molar-refractivity contribution in [2.45, 2.75) is 32.4 Å². The van der Waals surface area contributed by atoms with Gasteiger partial charge in [-0.05, 0) is 25.5 Å². The maximum absolute atomic E-state index is 12.1. The topological polar surface area (TPSA) is 76.7 Å². The molecular formula is C18H25N3O4. The predicted octanol–water partition coefficient (Wildman–Crippen LogP) is 1.21. The van der Waals surface area contributed by atoms with Gasteiger partial charge in [-0.3, -0.25) is 14.3 Å². The minimum absolute atomic E-state index is 0.0154. The smallest absolute Gasteiger partial charge is 0.408 e. The largest absolute Gasteiger partial charge is 0.419 e. The molecule has 3 rings (SSSR count). The summed E-state index contributed by atoms with van der Waals surface area (Å²) < 4.78 is 12.1. The maximum atomic E-state index is 12.1. The number of morpholine rings is 1. The van der Waals surface area contributed by atoms with Crippen molar-refractivity contribution >= 4 is 17.0 Å². The molecule has 1 aliphatic heterocycles. The third-order valence-corrected chi connectivity index (χ3v) is 4.40. The second-order valence-electron chi connectivity index (χ2n) is 6.47. The molecule has 1 unspecified atom stereocenters. The van der Waals surface area contributed by atoms with E-state index < -0.39 is 0 Å². The average Bonchev–Trinajstić information content (AvgIpc) is 2.91. The first-order valence-corrected chi connectivity index (χ1v) is 8.81. The molecule has 0 saturated carbocycles. The number of rotatable bonds is 7. The molecule has 0 spiro atoms. The van der Waals surface area contributed by atoms with E-state index in [9.17, 15) is 9.59 Å². The molecule has 7 nitrogen and oxygen atoms in total. The molecule has 0 bridgehead atoms. The number of ether oxygens (including phenoxy) is 1. The SMILES string of the molecule is CC(CN1CCOCC1)NC(=O)CCCn1c(=O)oc2ccccc21. The normalized spacial score (nSPS) is 16.8. The highest BCUT2D eigenvalue weighted by Gasteiger charge is 2.15. The second-order valence-corrected chi connectivity index (χ2v) is 6.47. The van der Waals surface area contributed by atoms with Gasteiger partial charge in [0, 0.05) is 38.6 Å². The average molecular weight is 347 g/mol. The van der Waals surface area contributed by atoms with Crippen molar-refractivity contribution in [3.05, 3.63) is 34.8 Å². The number of fused-ring (bicyclic) bond motifs is 1. The van der Waals surface area contributed by atoms with Crippen molar-refractivity contribution in [1.82, 2.24) is 14.8 Å². The van der Waals surface area contributed by atoms with Crippen molar-refractivity contribution in [1.29, 1.82) is 0 Å². The van der Waals surface area contributed by atoms with Crippen LogP contribution >= 0.6 is 0 Å². The van der Waals surface area contributed by atoms with Gasteiger partial charge in [0.15, 0.2) is 5.58 Å². The molecule has 1 aromatic carbocycles. The molecule has 1 amide bonds. The van der Waals surface area contributed by atoms with Crippen molar-refractivity contribution in [2.75, 3.05) is 32.8 Å². The highest BCUT2D eigenvalue weighted by molar-refractivity contribution is 5.76. The summed E-state index contributed by atoms with van der Waals surface area (Å²) in [4.78, 5) is 26.3. The number of nitrogens with one attached hydrogen (secondary N) is 1. The molecule has 2 aromatic rings. The number of carbonyl (C=O) groups excluding carboxylic acids is 1. The molecular weight excluding hydrogens is 322 g/mol. The Morgan fingerprint density at radius 2 is 2.04 bits per heavy atom. The van der Waals surface area contributed by atoms with Crippen LogP contribution in [0.15, 0.2) is 33.5 Å². The molecule has 1 aliphatic rings. The lowest BCUT2D eigenvalue weighted by Crippen LogP contribution is -2.46. The number of oxazole rings is 1. The highest BCUT2D eigenvalue weighted by Crippen LogP contribution is 2.12. The Morgan fingerprint density at radius 1 is 1.28 bits per heavy atom. The summed E-state index contributed by atoms with van der Waals surface area (Å²) in [7, 11) is 0. The predicted molar refractivity (Wildman–Crippen MR) is 94.6 cm³/mol. The second kappa shape index (κ2) is 8.31. The summed E-state index contributed by atoms with van der Waals surface area (Å²) >= 11 is 0. The van der Waals surface area contributed by atoms with Crippen molar-refractivity contribution in [2.24, 2.45) is 0 Å². The van der Waals surface area contributed by atoms with E-state index in [0.29, 0.717) is 25.0 Å². The number of amides is 1. The summed E-state index contributed by atoms with van der Waals surface area (Å²) in [6, 6.07) is 7.42. The number of para-hydroxylation sites is 2. The van der Waals surface area contributed by atoms with Crippen molar-refractivity contribution in [3.63, 3.8) is 0 Å². The molecule has 2 heterocycles. The summed E-state index contributed by atoms with van der Waals surface area (Å²) in [5.74, 6) is -0.357. The van der Waals surface area contributed by atoms with E-state index in [4.69, 9.17) is 9.15 Å². The molecule has 7 heteroatoms. The van der Waals surface area contributed by atoms with Crippen LogP contribution in [0.4, 0.5) is 0 Å². The van der Waals surface area contributed by atoms with Gasteiger partial charge >= 0.3 is 5.76 Å². The van der Waals surface area contributed by atoms with E-state index in [1.807, 2.05) is 25.1 Å². The number of aromatic nitrogens is 1. The standard InChI is InChI=1S/C18H25N3O4/c1-14(13-20-9-11-24-12-10-20)19-17(22)7-4-8-21-15-5-2-3-6-16(15)25-18(21)23/h2-3,5-6,14H,4,7-13H2,1H3,(H,19,22). The van der Waals surface area contributed by atoms with Crippen LogP contribution in [0, 0.1) is 0 Å². The first-order chi connectivity index (χ1) is 12.1. The fourth-order valence-electron chi connectivity index (χ4n) is 3.19. The minimum Gasteiger partial charge on any atom is -0.408 e. The number of benzene rings is 1. The summed E-state index contributed by atoms with van der Waals surface area (Å²) in [5, 5.41) is 3.03. The van der Waals surface area contributed by atoms with Crippen LogP contribution in [-0.4, -0.2) is 54.3 Å². The summed E-state index contributed by atoms with van der Waals surface area (Å²) in [6.45, 7) is 6.67. The van der Waals surface area contributed by atoms with Gasteiger partial charge in [0.1, 0.15) is 0 Å². The summed E-state index contributed by atoms with van der Waals surface area (Å²) in [5.41, 5.74) is 1.35. The molecule has 1 atom stereocenters. The van der Waals surface area contributed by atoms with Gasteiger partial charge in [-0.1, -0.05) is 12.1 Å². The van der Waals surface area contributed by atoms with E-state index in [1.165, 1.54) is 0 Å². The number of nitrogens with zero attached hydrogens (tertiary/aromatic N) is 2. The van der Waals surface area contributed by atoms with Gasteiger partial charge in [0.05, 0.1) is 18.7 Å². The third kappa shape index (κ3) is 4.70. The van der Waals surface area contributed by atoms with E-state index in [0.717, 1.165) is 38.4 Å². The Balaban J connectivity index is 1.44. The molecule has 1 saturated heterocycles.